The van der Waals surface area contributed by atoms with E-state index >= 15 is 0 Å². The lowest BCUT2D eigenvalue weighted by atomic mass is 10.3. The molecule has 1 aromatic rings. The number of pyridine rings is 1. The number of hydrogen-bond donors (Lipinski definition) is 3. The maximum absolute atomic E-state index is 11.4. The van der Waals surface area contributed by atoms with Gasteiger partial charge >= 0.3 is 0 Å². The quantitative estimate of drug-likeness (QED) is 0.661. The first-order chi connectivity index (χ1) is 10.3. The Bertz CT molecular complexity index is 431. The Hall–Kier alpha value is -1.70. The van der Waals surface area contributed by atoms with E-state index < -0.39 is 0 Å². The summed E-state index contributed by atoms with van der Waals surface area (Å²) in [5.41, 5.74) is 6.27. The molecule has 116 valence electrons. The van der Waals surface area contributed by atoms with Crippen molar-refractivity contribution in [2.75, 3.05) is 56.6 Å². The van der Waals surface area contributed by atoms with Gasteiger partial charge in [0.05, 0.1) is 25.1 Å². The molecule has 2 rings (SSSR count). The highest BCUT2D eigenvalue weighted by atomic mass is 16.5. The highest BCUT2D eigenvalue weighted by Gasteiger charge is 2.09. The van der Waals surface area contributed by atoms with Crippen molar-refractivity contribution in [3.8, 4) is 0 Å². The lowest BCUT2D eigenvalue weighted by Crippen LogP contribution is -2.39. The number of nitrogens with one attached hydrogen (secondary N) is 2. The Kier molecular flexibility index (Phi) is 6.39. The van der Waals surface area contributed by atoms with Crippen LogP contribution in [0, 0.1) is 0 Å². The van der Waals surface area contributed by atoms with Crippen LogP contribution >= 0.6 is 0 Å². The van der Waals surface area contributed by atoms with Gasteiger partial charge in [-0.15, -0.1) is 0 Å². The second-order valence-corrected chi connectivity index (χ2v) is 4.90. The first-order valence-corrected chi connectivity index (χ1v) is 7.28. The first kappa shape index (κ1) is 15.7. The summed E-state index contributed by atoms with van der Waals surface area (Å²) < 4.78 is 5.31. The largest absolute Gasteiger partial charge is 0.383 e. The molecule has 0 atom stereocenters. The first-order valence-electron chi connectivity index (χ1n) is 7.28. The Labute approximate surface area is 124 Å². The fourth-order valence-electron chi connectivity index (χ4n) is 2.09. The molecule has 1 aliphatic heterocycles. The topological polar surface area (TPSA) is 92.5 Å². The zero-order chi connectivity index (χ0) is 14.9. The van der Waals surface area contributed by atoms with E-state index in [1.54, 1.807) is 12.3 Å². The van der Waals surface area contributed by atoms with E-state index in [9.17, 15) is 4.79 Å². The highest BCUT2D eigenvalue weighted by molar-refractivity contribution is 5.89. The maximum atomic E-state index is 11.4. The summed E-state index contributed by atoms with van der Waals surface area (Å²) in [5.74, 6) is 0.435. The fraction of sp³-hybridized carbons (Fsp3) is 0.571. The van der Waals surface area contributed by atoms with Gasteiger partial charge in [0, 0.05) is 39.1 Å². The monoisotopic (exact) mass is 293 g/mol. The lowest BCUT2D eigenvalue weighted by Gasteiger charge is -2.26. The van der Waals surface area contributed by atoms with Crippen molar-refractivity contribution >= 4 is 17.4 Å². The molecule has 1 aromatic heterocycles. The second-order valence-electron chi connectivity index (χ2n) is 4.90. The van der Waals surface area contributed by atoms with Gasteiger partial charge in [0.15, 0.2) is 0 Å². The molecular weight excluding hydrogens is 270 g/mol. The summed E-state index contributed by atoms with van der Waals surface area (Å²) in [6, 6.07) is 3.69. The number of morpholine rings is 1. The molecular formula is C14H23N5O2. The van der Waals surface area contributed by atoms with Crippen LogP contribution in [0.15, 0.2) is 18.3 Å². The fourth-order valence-corrected chi connectivity index (χ4v) is 2.09. The average molecular weight is 293 g/mol. The van der Waals surface area contributed by atoms with Gasteiger partial charge in [-0.3, -0.25) is 9.69 Å². The van der Waals surface area contributed by atoms with Crippen molar-refractivity contribution < 1.29 is 9.53 Å². The number of ether oxygens (including phenoxy) is 1. The summed E-state index contributed by atoms with van der Waals surface area (Å²) in [6.45, 7) is 5.81. The zero-order valence-corrected chi connectivity index (χ0v) is 12.2. The molecule has 2 heterocycles. The van der Waals surface area contributed by atoms with Gasteiger partial charge in [-0.25, -0.2) is 4.98 Å². The number of hydrogen-bond acceptors (Lipinski definition) is 6. The van der Waals surface area contributed by atoms with Gasteiger partial charge in [0.1, 0.15) is 5.82 Å². The van der Waals surface area contributed by atoms with Crippen molar-refractivity contribution in [3.05, 3.63) is 18.3 Å². The number of anilines is 2. The van der Waals surface area contributed by atoms with E-state index in [1.807, 2.05) is 6.07 Å². The molecule has 0 aliphatic carbocycles. The van der Waals surface area contributed by atoms with Crippen LogP contribution in [0.5, 0.6) is 0 Å². The van der Waals surface area contributed by atoms with E-state index in [0.717, 1.165) is 45.1 Å². The minimum Gasteiger partial charge on any atom is -0.383 e. The molecule has 21 heavy (non-hydrogen) atoms. The molecule has 0 spiro atoms. The van der Waals surface area contributed by atoms with Gasteiger partial charge in [-0.2, -0.15) is 0 Å². The molecule has 0 saturated carbocycles. The van der Waals surface area contributed by atoms with Gasteiger partial charge in [-0.1, -0.05) is 0 Å². The summed E-state index contributed by atoms with van der Waals surface area (Å²) in [7, 11) is 0. The zero-order valence-electron chi connectivity index (χ0n) is 12.2. The molecule has 1 aliphatic rings. The van der Waals surface area contributed by atoms with Gasteiger partial charge in [0.25, 0.3) is 0 Å². The number of aromatic nitrogens is 1. The third-order valence-electron chi connectivity index (χ3n) is 3.26. The summed E-state index contributed by atoms with van der Waals surface area (Å²) in [4.78, 5) is 17.9. The van der Waals surface area contributed by atoms with Gasteiger partial charge in [-0.05, 0) is 12.1 Å². The predicted molar refractivity (Wildman–Crippen MR) is 82.3 cm³/mol. The summed E-state index contributed by atoms with van der Waals surface area (Å²) >= 11 is 0. The van der Waals surface area contributed by atoms with E-state index in [-0.39, 0.29) is 5.91 Å². The van der Waals surface area contributed by atoms with Crippen molar-refractivity contribution in [3.63, 3.8) is 0 Å². The second kappa shape index (κ2) is 8.56. The van der Waals surface area contributed by atoms with E-state index in [4.69, 9.17) is 10.5 Å². The van der Waals surface area contributed by atoms with Crippen molar-refractivity contribution in [1.82, 2.24) is 9.88 Å². The number of carbonyl (C=O) groups is 1. The van der Waals surface area contributed by atoms with Crippen LogP contribution in [0.1, 0.15) is 6.42 Å². The standard InChI is InChI=1S/C14H23N5O2/c15-4-3-14(20)18-13-2-1-12(11-17-13)16-5-6-19-7-9-21-10-8-19/h1-2,11,16H,3-10,15H2,(H,17,18,20). The van der Waals surface area contributed by atoms with E-state index in [2.05, 4.69) is 20.5 Å². The predicted octanol–water partition coefficient (Wildman–Crippen LogP) is 0.113. The van der Waals surface area contributed by atoms with Crippen LogP contribution in [-0.2, 0) is 9.53 Å². The summed E-state index contributed by atoms with van der Waals surface area (Å²) in [6.07, 6.45) is 2.03. The molecule has 4 N–H and O–H groups in total. The Balaban J connectivity index is 1.70. The minimum absolute atomic E-state index is 0.113. The Morgan fingerprint density at radius 2 is 2.19 bits per heavy atom. The molecule has 1 amide bonds. The van der Waals surface area contributed by atoms with Crippen LogP contribution in [-0.4, -0.2) is 61.7 Å². The molecule has 1 saturated heterocycles. The molecule has 7 heteroatoms. The van der Waals surface area contributed by atoms with Crippen LogP contribution in [0.25, 0.3) is 0 Å². The molecule has 7 nitrogen and oxygen atoms in total. The molecule has 0 radical (unpaired) electrons. The Morgan fingerprint density at radius 1 is 1.38 bits per heavy atom. The van der Waals surface area contributed by atoms with Gasteiger partial charge < -0.3 is 21.1 Å². The van der Waals surface area contributed by atoms with Crippen LogP contribution < -0.4 is 16.4 Å². The van der Waals surface area contributed by atoms with E-state index in [0.29, 0.717) is 18.8 Å². The van der Waals surface area contributed by atoms with Crippen LogP contribution in [0.4, 0.5) is 11.5 Å². The van der Waals surface area contributed by atoms with Gasteiger partial charge in [0.2, 0.25) is 5.91 Å². The SMILES string of the molecule is NCCC(=O)Nc1ccc(NCCN2CCOCC2)cn1. The molecule has 1 fully saturated rings. The number of rotatable bonds is 7. The van der Waals surface area contributed by atoms with Crippen molar-refractivity contribution in [2.45, 2.75) is 6.42 Å². The van der Waals surface area contributed by atoms with E-state index in [1.165, 1.54) is 0 Å². The van der Waals surface area contributed by atoms with Crippen LogP contribution in [0.2, 0.25) is 0 Å². The Morgan fingerprint density at radius 3 is 2.86 bits per heavy atom. The minimum atomic E-state index is -0.113. The van der Waals surface area contributed by atoms with Crippen molar-refractivity contribution in [2.24, 2.45) is 5.73 Å². The average Bonchev–Trinajstić information content (AvgIpc) is 2.50. The number of nitrogens with two attached hydrogens (primary N) is 1. The smallest absolute Gasteiger partial charge is 0.226 e. The molecule has 0 unspecified atom stereocenters. The number of nitrogens with zero attached hydrogens (tertiary/aromatic N) is 2. The third-order valence-corrected chi connectivity index (χ3v) is 3.26. The normalized spacial score (nSPS) is 15.7. The third kappa shape index (κ3) is 5.66. The molecule has 0 bridgehead atoms. The highest BCUT2D eigenvalue weighted by Crippen LogP contribution is 2.09. The summed E-state index contributed by atoms with van der Waals surface area (Å²) in [5, 5.41) is 6.02. The molecule has 0 aromatic carbocycles. The number of amides is 1. The lowest BCUT2D eigenvalue weighted by molar-refractivity contribution is -0.116. The maximum Gasteiger partial charge on any atom is 0.226 e. The number of carbonyl (C=O) groups excluding carboxylic acids is 1. The van der Waals surface area contributed by atoms with Crippen LogP contribution in [0.3, 0.4) is 0 Å². The van der Waals surface area contributed by atoms with Crippen molar-refractivity contribution in [1.29, 1.82) is 0 Å².